The molecule has 2 nitrogen and oxygen atoms in total. The first-order chi connectivity index (χ1) is 4.48. The Balaban J connectivity index is 0. The van der Waals surface area contributed by atoms with E-state index in [1.165, 1.54) is 0 Å². The molecule has 0 amide bonds. The molecular weight excluding hydrogens is 146 g/mol. The van der Waals surface area contributed by atoms with Crippen molar-refractivity contribution in [3.63, 3.8) is 0 Å². The summed E-state index contributed by atoms with van der Waals surface area (Å²) >= 11 is 0. The van der Waals surface area contributed by atoms with Crippen LogP contribution in [0.15, 0.2) is 0 Å². The van der Waals surface area contributed by atoms with Gasteiger partial charge in [0, 0.05) is 17.0 Å². The van der Waals surface area contributed by atoms with Crippen LogP contribution >= 0.6 is 0 Å². The lowest BCUT2D eigenvalue weighted by atomic mass is 10.3. The number of rotatable bonds is 3. The molecule has 0 aromatic carbocycles. The van der Waals surface area contributed by atoms with Crippen molar-refractivity contribution in [3.8, 4) is 0 Å². The van der Waals surface area contributed by atoms with Crippen LogP contribution < -0.4 is 5.32 Å². The average Bonchev–Trinajstić information content (AvgIpc) is 1.80. The molecule has 0 saturated carbocycles. The van der Waals surface area contributed by atoms with Gasteiger partial charge in [0.1, 0.15) is 0 Å². The Kier molecular flexibility index (Phi) is 4.13. The molecule has 0 spiro atoms. The van der Waals surface area contributed by atoms with E-state index in [9.17, 15) is 4.21 Å². The van der Waals surface area contributed by atoms with Gasteiger partial charge in [0.2, 0.25) is 0 Å². The van der Waals surface area contributed by atoms with Crippen LogP contribution in [0.4, 0.5) is 0 Å². The summed E-state index contributed by atoms with van der Waals surface area (Å²) < 4.78 is 11.2. The molecule has 1 atom stereocenters. The summed E-state index contributed by atoms with van der Waals surface area (Å²) in [5, 5.41) is 3.05. The van der Waals surface area contributed by atoms with Crippen molar-refractivity contribution in [2.24, 2.45) is 0 Å². The van der Waals surface area contributed by atoms with Gasteiger partial charge in [0.05, 0.1) is 5.88 Å². The fourth-order valence-electron chi connectivity index (χ4n) is 0.411. The quantitative estimate of drug-likeness (QED) is 0.684. The van der Waals surface area contributed by atoms with E-state index < -0.39 is 10.8 Å². The van der Waals surface area contributed by atoms with Gasteiger partial charge >= 0.3 is 0 Å². The van der Waals surface area contributed by atoms with E-state index in [1.807, 2.05) is 27.7 Å². The lowest BCUT2D eigenvalue weighted by Crippen LogP contribution is -2.30. The average molecular weight is 165 g/mol. The first kappa shape index (κ1) is 10.1. The van der Waals surface area contributed by atoms with Gasteiger partial charge in [-0.15, -0.1) is 0 Å². The second-order valence-electron chi connectivity index (χ2n) is 3.21. The van der Waals surface area contributed by atoms with Crippen molar-refractivity contribution >= 4 is 10.8 Å². The van der Waals surface area contributed by atoms with Crippen LogP contribution in [-0.4, -0.2) is 21.4 Å². The van der Waals surface area contributed by atoms with Crippen LogP contribution in [0.1, 0.15) is 29.1 Å². The van der Waals surface area contributed by atoms with Crippen molar-refractivity contribution in [2.75, 3.05) is 12.4 Å². The van der Waals surface area contributed by atoms with Crippen molar-refractivity contribution < 1.29 is 5.64 Å². The zero-order valence-electron chi connectivity index (χ0n) is 7.23. The Bertz CT molecular complexity index is 122. The van der Waals surface area contributed by atoms with Gasteiger partial charge in [0.15, 0.2) is 0 Å². The molecule has 0 aromatic rings. The van der Waals surface area contributed by atoms with Crippen molar-refractivity contribution in [3.05, 3.63) is 0 Å². The molecule has 1 N–H and O–H groups in total. The highest BCUT2D eigenvalue weighted by atomic mass is 32.2. The molecule has 0 aliphatic rings. The van der Waals surface area contributed by atoms with Crippen LogP contribution in [0, 0.1) is 0 Å². The summed E-state index contributed by atoms with van der Waals surface area (Å²) in [6.45, 7) is 8.86. The molecule has 0 rings (SSSR count). The Morgan fingerprint density at radius 1 is 1.50 bits per heavy atom. The maximum atomic E-state index is 11.3. The molecule has 0 aliphatic heterocycles. The van der Waals surface area contributed by atoms with Crippen LogP contribution in [0.3, 0.4) is 0 Å². The molecule has 0 bridgehead atoms. The summed E-state index contributed by atoms with van der Waals surface area (Å²) in [6, 6.07) is 0. The van der Waals surface area contributed by atoms with E-state index >= 15 is 0 Å². The molecule has 0 heterocycles. The van der Waals surface area contributed by atoms with Gasteiger partial charge < -0.3 is 5.32 Å². The van der Waals surface area contributed by atoms with Crippen LogP contribution in [0.25, 0.3) is 0 Å². The monoisotopic (exact) mass is 165 g/mol. The molecule has 1 unspecified atom stereocenters. The Morgan fingerprint density at radius 3 is 2.30 bits per heavy atom. The first-order valence-electron chi connectivity index (χ1n) is 3.57. The summed E-state index contributed by atoms with van der Waals surface area (Å²) in [4.78, 5) is 0. The summed E-state index contributed by atoms with van der Waals surface area (Å²) in [5.74, 6) is 0.611. The summed E-state index contributed by atoms with van der Waals surface area (Å²) in [5.41, 5.74) is 0. The van der Waals surface area contributed by atoms with Crippen molar-refractivity contribution in [2.45, 2.75) is 32.4 Å². The molecule has 0 fully saturated rings. The fourth-order valence-corrected chi connectivity index (χ4v) is 1.23. The SMILES string of the molecule is CCNCS(=O)C(C)(C)C.[HH]. The van der Waals surface area contributed by atoms with Crippen molar-refractivity contribution in [1.82, 2.24) is 5.32 Å². The number of hydrogen-bond acceptors (Lipinski definition) is 2. The molecule has 0 radical (unpaired) electrons. The highest BCUT2D eigenvalue weighted by Crippen LogP contribution is 2.09. The van der Waals surface area contributed by atoms with Crippen LogP contribution in [-0.2, 0) is 10.8 Å². The standard InChI is InChI=1S/C7H17NOS.H2/c1-5-8-6-10(9)7(2,3)4;/h8H,5-6H2,1-4H3;1H. The third kappa shape index (κ3) is 4.01. The lowest BCUT2D eigenvalue weighted by molar-refractivity contribution is 0.640. The Morgan fingerprint density at radius 2 is 2.00 bits per heavy atom. The molecule has 64 valence electrons. The highest BCUT2D eigenvalue weighted by Gasteiger charge is 2.17. The predicted octanol–water partition coefficient (Wildman–Crippen LogP) is 1.35. The molecule has 3 heteroatoms. The van der Waals surface area contributed by atoms with E-state index in [0.29, 0.717) is 5.88 Å². The van der Waals surface area contributed by atoms with Gasteiger partial charge in [-0.25, -0.2) is 0 Å². The van der Waals surface area contributed by atoms with Crippen LogP contribution in [0.5, 0.6) is 0 Å². The topological polar surface area (TPSA) is 29.1 Å². The van der Waals surface area contributed by atoms with Gasteiger partial charge in [0.25, 0.3) is 0 Å². The minimum atomic E-state index is -0.748. The minimum absolute atomic E-state index is 0. The Labute approximate surface area is 67.3 Å². The van der Waals surface area contributed by atoms with Gasteiger partial charge in [-0.2, -0.15) is 0 Å². The third-order valence-corrected chi connectivity index (χ3v) is 3.00. The van der Waals surface area contributed by atoms with Crippen LogP contribution in [0.2, 0.25) is 0 Å². The zero-order chi connectivity index (χ0) is 8.20. The van der Waals surface area contributed by atoms with Gasteiger partial charge in [-0.1, -0.05) is 6.92 Å². The summed E-state index contributed by atoms with van der Waals surface area (Å²) in [7, 11) is -0.748. The lowest BCUT2D eigenvalue weighted by Gasteiger charge is -2.17. The molecule has 0 aliphatic carbocycles. The van der Waals surface area contributed by atoms with Crippen molar-refractivity contribution in [1.29, 1.82) is 0 Å². The van der Waals surface area contributed by atoms with E-state index in [4.69, 9.17) is 0 Å². The van der Waals surface area contributed by atoms with E-state index in [0.717, 1.165) is 6.54 Å². The molecular formula is C7H19NOS. The zero-order valence-corrected chi connectivity index (χ0v) is 8.05. The maximum Gasteiger partial charge on any atom is 0.0727 e. The fraction of sp³-hybridized carbons (Fsp3) is 1.00. The second-order valence-corrected chi connectivity index (χ2v) is 5.41. The Hall–Kier alpha value is 0.110. The first-order valence-corrected chi connectivity index (χ1v) is 4.89. The third-order valence-electron chi connectivity index (χ3n) is 1.17. The molecule has 0 aromatic heterocycles. The van der Waals surface area contributed by atoms with Gasteiger partial charge in [-0.05, 0) is 27.3 Å². The number of nitrogens with one attached hydrogen (secondary N) is 1. The van der Waals surface area contributed by atoms with Gasteiger partial charge in [-0.3, -0.25) is 4.21 Å². The maximum absolute atomic E-state index is 11.3. The minimum Gasteiger partial charge on any atom is -0.306 e. The highest BCUT2D eigenvalue weighted by molar-refractivity contribution is 7.86. The molecule has 0 saturated heterocycles. The van der Waals surface area contributed by atoms with E-state index in [1.54, 1.807) is 0 Å². The normalized spacial score (nSPS) is 15.2. The smallest absolute Gasteiger partial charge is 0.0727 e. The predicted molar refractivity (Wildman–Crippen MR) is 48.6 cm³/mol. The number of hydrogen-bond donors (Lipinski definition) is 1. The molecule has 10 heavy (non-hydrogen) atoms. The van der Waals surface area contributed by atoms with E-state index in [-0.39, 0.29) is 6.17 Å². The largest absolute Gasteiger partial charge is 0.306 e. The second kappa shape index (κ2) is 4.09. The summed E-state index contributed by atoms with van der Waals surface area (Å²) in [6.07, 6.45) is 0. The van der Waals surface area contributed by atoms with E-state index in [2.05, 4.69) is 5.32 Å².